The van der Waals surface area contributed by atoms with E-state index in [-0.39, 0.29) is 29.7 Å². The van der Waals surface area contributed by atoms with E-state index in [1.807, 2.05) is 39.0 Å². The van der Waals surface area contributed by atoms with E-state index in [9.17, 15) is 19.7 Å². The molecule has 1 unspecified atom stereocenters. The zero-order valence-corrected chi connectivity index (χ0v) is 14.9. The van der Waals surface area contributed by atoms with E-state index in [0.29, 0.717) is 0 Å². The predicted octanol–water partition coefficient (Wildman–Crippen LogP) is 2.82. The molecule has 0 aliphatic rings. The van der Waals surface area contributed by atoms with Crippen LogP contribution in [-0.4, -0.2) is 23.3 Å². The maximum Gasteiger partial charge on any atom is 0.270 e. The number of rotatable bonds is 6. The Hall–Kier alpha value is -3.22. The van der Waals surface area contributed by atoms with Gasteiger partial charge in [0.1, 0.15) is 0 Å². The third kappa shape index (κ3) is 4.89. The first kappa shape index (κ1) is 19.1. The topological polar surface area (TPSA) is 101 Å². The quantitative estimate of drug-likeness (QED) is 0.614. The van der Waals surface area contributed by atoms with Gasteiger partial charge in [-0.25, -0.2) is 0 Å². The maximum atomic E-state index is 12.1. The highest BCUT2D eigenvalue weighted by molar-refractivity contribution is 5.97. The van der Waals surface area contributed by atoms with Gasteiger partial charge in [0.15, 0.2) is 0 Å². The largest absolute Gasteiger partial charge is 0.348 e. The number of nitro groups is 1. The Labute approximate surface area is 151 Å². The minimum absolute atomic E-state index is 0.134. The second-order valence-corrected chi connectivity index (χ2v) is 6.14. The summed E-state index contributed by atoms with van der Waals surface area (Å²) < 4.78 is 0. The third-order valence-electron chi connectivity index (χ3n) is 4.01. The van der Waals surface area contributed by atoms with Gasteiger partial charge in [0, 0.05) is 17.7 Å². The normalized spacial score (nSPS) is 11.5. The van der Waals surface area contributed by atoms with Gasteiger partial charge in [-0.1, -0.05) is 29.8 Å². The van der Waals surface area contributed by atoms with Crippen LogP contribution in [0.3, 0.4) is 0 Å². The van der Waals surface area contributed by atoms with Crippen LogP contribution in [0.25, 0.3) is 0 Å². The number of nitrogens with zero attached hydrogens (tertiary/aromatic N) is 1. The van der Waals surface area contributed by atoms with Crippen LogP contribution in [0.15, 0.2) is 42.5 Å². The van der Waals surface area contributed by atoms with Crippen LogP contribution in [0, 0.1) is 24.0 Å². The van der Waals surface area contributed by atoms with E-state index in [0.717, 1.165) is 16.7 Å². The number of hydrogen-bond donors (Lipinski definition) is 2. The number of benzene rings is 2. The van der Waals surface area contributed by atoms with Crippen LogP contribution in [0.1, 0.15) is 40.0 Å². The first-order valence-electron chi connectivity index (χ1n) is 8.17. The molecule has 2 rings (SSSR count). The van der Waals surface area contributed by atoms with Crippen LogP contribution < -0.4 is 10.6 Å². The standard InChI is InChI=1S/C19H21N3O4/c1-12-7-8-13(2)17(9-12)14(3)21-18(23)11-20-19(24)15-5-4-6-16(10-15)22(25)26/h4-10,14H,11H2,1-3H3,(H,20,24)(H,21,23). The Morgan fingerprint density at radius 3 is 2.58 bits per heavy atom. The van der Waals surface area contributed by atoms with Gasteiger partial charge in [-0.15, -0.1) is 0 Å². The van der Waals surface area contributed by atoms with E-state index in [1.54, 1.807) is 0 Å². The van der Waals surface area contributed by atoms with Gasteiger partial charge in [0.25, 0.3) is 11.6 Å². The Bertz CT molecular complexity index is 848. The van der Waals surface area contributed by atoms with E-state index in [2.05, 4.69) is 10.6 Å². The van der Waals surface area contributed by atoms with Gasteiger partial charge >= 0.3 is 0 Å². The minimum Gasteiger partial charge on any atom is -0.348 e. The van der Waals surface area contributed by atoms with Crippen molar-refractivity contribution in [2.75, 3.05) is 6.54 Å². The number of nitrogens with one attached hydrogen (secondary N) is 2. The summed E-state index contributed by atoms with van der Waals surface area (Å²) >= 11 is 0. The van der Waals surface area contributed by atoms with Crippen molar-refractivity contribution < 1.29 is 14.5 Å². The number of amides is 2. The molecule has 7 nitrogen and oxygen atoms in total. The van der Waals surface area contributed by atoms with Gasteiger partial charge in [-0.2, -0.15) is 0 Å². The molecule has 0 saturated heterocycles. The summed E-state index contributed by atoms with van der Waals surface area (Å²) in [7, 11) is 0. The smallest absolute Gasteiger partial charge is 0.270 e. The van der Waals surface area contributed by atoms with Crippen molar-refractivity contribution in [3.8, 4) is 0 Å². The molecule has 2 N–H and O–H groups in total. The minimum atomic E-state index is -0.574. The summed E-state index contributed by atoms with van der Waals surface area (Å²) in [5.74, 6) is -0.875. The molecular formula is C19H21N3O4. The second-order valence-electron chi connectivity index (χ2n) is 6.14. The van der Waals surface area contributed by atoms with Crippen LogP contribution in [0.4, 0.5) is 5.69 Å². The lowest BCUT2D eigenvalue weighted by Gasteiger charge is -2.17. The number of carbonyl (C=O) groups is 2. The highest BCUT2D eigenvalue weighted by atomic mass is 16.6. The number of hydrogen-bond acceptors (Lipinski definition) is 4. The van der Waals surface area contributed by atoms with Crippen molar-refractivity contribution in [2.45, 2.75) is 26.8 Å². The lowest BCUT2D eigenvalue weighted by molar-refractivity contribution is -0.384. The monoisotopic (exact) mass is 355 g/mol. The molecule has 26 heavy (non-hydrogen) atoms. The highest BCUT2D eigenvalue weighted by Gasteiger charge is 2.15. The van der Waals surface area contributed by atoms with Crippen molar-refractivity contribution >= 4 is 17.5 Å². The molecule has 2 aromatic rings. The van der Waals surface area contributed by atoms with E-state index in [4.69, 9.17) is 0 Å². The van der Waals surface area contributed by atoms with Crippen LogP contribution >= 0.6 is 0 Å². The van der Waals surface area contributed by atoms with Gasteiger partial charge in [0.2, 0.25) is 5.91 Å². The lowest BCUT2D eigenvalue weighted by Crippen LogP contribution is -2.38. The molecule has 0 fully saturated rings. The van der Waals surface area contributed by atoms with Crippen LogP contribution in [0.2, 0.25) is 0 Å². The molecule has 0 bridgehead atoms. The molecule has 1 atom stereocenters. The molecule has 0 aromatic heterocycles. The zero-order valence-electron chi connectivity index (χ0n) is 14.9. The molecule has 0 aliphatic carbocycles. The van der Waals surface area contributed by atoms with Crippen LogP contribution in [0.5, 0.6) is 0 Å². The van der Waals surface area contributed by atoms with Gasteiger partial charge in [-0.3, -0.25) is 19.7 Å². The fourth-order valence-corrected chi connectivity index (χ4v) is 2.62. The second kappa shape index (κ2) is 8.24. The molecule has 0 saturated carbocycles. The average molecular weight is 355 g/mol. The molecule has 0 spiro atoms. The Morgan fingerprint density at radius 2 is 1.88 bits per heavy atom. The maximum absolute atomic E-state index is 12.1. The van der Waals surface area contributed by atoms with Crippen molar-refractivity contribution in [2.24, 2.45) is 0 Å². The van der Waals surface area contributed by atoms with E-state index >= 15 is 0 Å². The molecule has 0 radical (unpaired) electrons. The summed E-state index contributed by atoms with van der Waals surface area (Å²) in [6, 6.07) is 11.2. The molecule has 2 amide bonds. The number of carbonyl (C=O) groups excluding carboxylic acids is 2. The lowest BCUT2D eigenvalue weighted by atomic mass is 10.00. The SMILES string of the molecule is Cc1ccc(C)c(C(C)NC(=O)CNC(=O)c2cccc([N+](=O)[O-])c2)c1. The van der Waals surface area contributed by atoms with Gasteiger partial charge < -0.3 is 10.6 Å². The van der Waals surface area contributed by atoms with E-state index in [1.165, 1.54) is 24.3 Å². The molecule has 7 heteroatoms. The molecule has 2 aromatic carbocycles. The number of non-ortho nitro benzene ring substituents is 1. The van der Waals surface area contributed by atoms with Gasteiger partial charge in [0.05, 0.1) is 17.5 Å². The van der Waals surface area contributed by atoms with Crippen molar-refractivity contribution in [1.29, 1.82) is 0 Å². The Kier molecular flexibility index (Phi) is 6.06. The summed E-state index contributed by atoms with van der Waals surface area (Å²) in [5.41, 5.74) is 3.15. The van der Waals surface area contributed by atoms with E-state index < -0.39 is 10.8 Å². The highest BCUT2D eigenvalue weighted by Crippen LogP contribution is 2.18. The van der Waals surface area contributed by atoms with Crippen molar-refractivity contribution in [3.05, 3.63) is 74.8 Å². The molecular weight excluding hydrogens is 334 g/mol. The summed E-state index contributed by atoms with van der Waals surface area (Å²) in [4.78, 5) is 34.3. The zero-order chi connectivity index (χ0) is 19.3. The van der Waals surface area contributed by atoms with Gasteiger partial charge in [-0.05, 0) is 38.0 Å². The number of aryl methyl sites for hydroxylation is 2. The summed E-state index contributed by atoms with van der Waals surface area (Å²) in [5, 5.41) is 16.1. The van der Waals surface area contributed by atoms with Crippen LogP contribution in [-0.2, 0) is 4.79 Å². The third-order valence-corrected chi connectivity index (χ3v) is 4.01. The number of nitro benzene ring substituents is 1. The summed E-state index contributed by atoms with van der Waals surface area (Å²) in [6.45, 7) is 5.62. The fraction of sp³-hybridized carbons (Fsp3) is 0.263. The Morgan fingerprint density at radius 1 is 1.15 bits per heavy atom. The first-order chi connectivity index (χ1) is 12.3. The molecule has 0 aliphatic heterocycles. The summed E-state index contributed by atoms with van der Waals surface area (Å²) in [6.07, 6.45) is 0. The Balaban J connectivity index is 1.94. The average Bonchev–Trinajstić information content (AvgIpc) is 2.61. The predicted molar refractivity (Wildman–Crippen MR) is 97.9 cm³/mol. The van der Waals surface area contributed by atoms with Crippen molar-refractivity contribution in [1.82, 2.24) is 10.6 Å². The molecule has 0 heterocycles. The first-order valence-corrected chi connectivity index (χ1v) is 8.17. The fourth-order valence-electron chi connectivity index (χ4n) is 2.62. The van der Waals surface area contributed by atoms with Crippen molar-refractivity contribution in [3.63, 3.8) is 0 Å². The molecule has 136 valence electrons.